The largest absolute Gasteiger partial charge is 0.433 e. The maximum Gasteiger partial charge on any atom is 0.433 e. The number of nitrogens with one attached hydrogen (secondary N) is 2. The lowest BCUT2D eigenvalue weighted by molar-refractivity contribution is -0.119. The number of carbonyl (C=O) groups is 2. The highest BCUT2D eigenvalue weighted by molar-refractivity contribution is 8.14. The summed E-state index contributed by atoms with van der Waals surface area (Å²) in [5.74, 6) is 1.12. The van der Waals surface area contributed by atoms with Gasteiger partial charge in [0.05, 0.1) is 11.3 Å². The number of hydrogen-bond donors (Lipinski definition) is 2. The molecule has 0 aromatic heterocycles. The third kappa shape index (κ3) is 5.49. The fourth-order valence-electron chi connectivity index (χ4n) is 1.42. The minimum Gasteiger partial charge on any atom is -0.344 e. The van der Waals surface area contributed by atoms with Crippen molar-refractivity contribution < 1.29 is 18.6 Å². The highest BCUT2D eigenvalue weighted by Gasteiger charge is 2.33. The standard InChI is InChI=1S/C11H19N3O4S2/c1-4-20(17)6-5-12-10(16)18-14-9-11(2,3)13-8(15)7-19-9/h4-7H2,1-3H3,(H,12,16)(H,13,15). The molecule has 0 bridgehead atoms. The summed E-state index contributed by atoms with van der Waals surface area (Å²) in [6.07, 6.45) is -0.695. The van der Waals surface area contributed by atoms with Gasteiger partial charge in [0, 0.05) is 28.9 Å². The lowest BCUT2D eigenvalue weighted by Crippen LogP contribution is -2.53. The van der Waals surface area contributed by atoms with Crippen molar-refractivity contribution in [3.63, 3.8) is 0 Å². The van der Waals surface area contributed by atoms with Gasteiger partial charge in [-0.25, -0.2) is 4.79 Å². The number of carbonyl (C=O) groups excluding carboxylic acids is 2. The van der Waals surface area contributed by atoms with Crippen molar-refractivity contribution in [2.24, 2.45) is 5.16 Å². The number of nitrogens with zero attached hydrogens (tertiary/aromatic N) is 1. The molecule has 1 unspecified atom stereocenters. The van der Waals surface area contributed by atoms with Gasteiger partial charge in [0.25, 0.3) is 0 Å². The smallest absolute Gasteiger partial charge is 0.344 e. The van der Waals surface area contributed by atoms with Gasteiger partial charge < -0.3 is 10.6 Å². The lowest BCUT2D eigenvalue weighted by atomic mass is 10.1. The van der Waals surface area contributed by atoms with Crippen LogP contribution in [0.15, 0.2) is 5.16 Å². The van der Waals surface area contributed by atoms with E-state index in [0.717, 1.165) is 0 Å². The summed E-state index contributed by atoms with van der Waals surface area (Å²) in [4.78, 5) is 27.4. The Bertz CT molecular complexity index is 437. The van der Waals surface area contributed by atoms with Gasteiger partial charge in [-0.1, -0.05) is 23.8 Å². The summed E-state index contributed by atoms with van der Waals surface area (Å²) in [5, 5.41) is 9.52. The van der Waals surface area contributed by atoms with E-state index >= 15 is 0 Å². The fraction of sp³-hybridized carbons (Fsp3) is 0.727. The summed E-state index contributed by atoms with van der Waals surface area (Å²) >= 11 is 1.24. The minimum absolute atomic E-state index is 0.0783. The van der Waals surface area contributed by atoms with Crippen LogP contribution >= 0.6 is 11.8 Å². The summed E-state index contributed by atoms with van der Waals surface area (Å²) in [5.41, 5.74) is -0.649. The first-order valence-electron chi connectivity index (χ1n) is 6.17. The predicted molar refractivity (Wildman–Crippen MR) is 80.1 cm³/mol. The van der Waals surface area contributed by atoms with E-state index in [1.54, 1.807) is 13.8 Å². The molecule has 0 aromatic rings. The van der Waals surface area contributed by atoms with Crippen LogP contribution in [0.1, 0.15) is 20.8 Å². The molecule has 2 N–H and O–H groups in total. The van der Waals surface area contributed by atoms with Gasteiger partial charge >= 0.3 is 6.09 Å². The van der Waals surface area contributed by atoms with Crippen LogP contribution in [0.4, 0.5) is 4.79 Å². The van der Waals surface area contributed by atoms with Gasteiger partial charge in [-0.05, 0) is 13.8 Å². The topological polar surface area (TPSA) is 96.9 Å². The Kier molecular flexibility index (Phi) is 6.47. The van der Waals surface area contributed by atoms with Gasteiger partial charge in [-0.2, -0.15) is 0 Å². The molecule has 7 nitrogen and oxygen atoms in total. The van der Waals surface area contributed by atoms with E-state index in [9.17, 15) is 13.8 Å². The van der Waals surface area contributed by atoms with Crippen molar-refractivity contribution in [3.05, 3.63) is 0 Å². The van der Waals surface area contributed by atoms with E-state index in [0.29, 0.717) is 16.5 Å². The lowest BCUT2D eigenvalue weighted by Gasteiger charge is -2.30. The maximum absolute atomic E-state index is 11.4. The van der Waals surface area contributed by atoms with E-state index in [1.165, 1.54) is 11.8 Å². The molecule has 2 amide bonds. The van der Waals surface area contributed by atoms with Crippen LogP contribution in [0, 0.1) is 0 Å². The highest BCUT2D eigenvalue weighted by atomic mass is 32.2. The molecule has 1 fully saturated rings. The molecule has 0 aliphatic carbocycles. The van der Waals surface area contributed by atoms with Crippen molar-refractivity contribution in [1.29, 1.82) is 0 Å². The zero-order chi connectivity index (χ0) is 15.2. The quantitative estimate of drug-likeness (QED) is 0.565. The third-order valence-electron chi connectivity index (χ3n) is 2.46. The number of hydrogen-bond acceptors (Lipinski definition) is 6. The second-order valence-corrected chi connectivity index (χ2v) is 7.43. The molecule has 1 heterocycles. The normalized spacial score (nSPS) is 21.1. The molecular weight excluding hydrogens is 302 g/mol. The third-order valence-corrected chi connectivity index (χ3v) is 5.03. The Morgan fingerprint density at radius 3 is 2.90 bits per heavy atom. The number of amides is 2. The van der Waals surface area contributed by atoms with Crippen molar-refractivity contribution in [1.82, 2.24) is 10.6 Å². The molecule has 1 aliphatic heterocycles. The molecule has 0 radical (unpaired) electrons. The Morgan fingerprint density at radius 1 is 1.60 bits per heavy atom. The van der Waals surface area contributed by atoms with Crippen molar-refractivity contribution in [3.8, 4) is 0 Å². The first kappa shape index (κ1) is 17.0. The molecule has 9 heteroatoms. The van der Waals surface area contributed by atoms with Gasteiger partial charge in [0.1, 0.15) is 5.04 Å². The average molecular weight is 321 g/mol. The van der Waals surface area contributed by atoms with Crippen molar-refractivity contribution in [2.75, 3.05) is 23.8 Å². The second kappa shape index (κ2) is 7.63. The molecule has 1 aliphatic rings. The van der Waals surface area contributed by atoms with Crippen LogP contribution in [-0.4, -0.2) is 50.6 Å². The summed E-state index contributed by atoms with van der Waals surface area (Å²) < 4.78 is 11.2. The van der Waals surface area contributed by atoms with E-state index in [1.807, 2.05) is 6.92 Å². The molecule has 1 atom stereocenters. The van der Waals surface area contributed by atoms with Gasteiger partial charge in [0.2, 0.25) is 5.91 Å². The highest BCUT2D eigenvalue weighted by Crippen LogP contribution is 2.22. The maximum atomic E-state index is 11.4. The van der Waals surface area contributed by atoms with Gasteiger partial charge in [-0.3, -0.25) is 13.8 Å². The zero-order valence-corrected chi connectivity index (χ0v) is 13.4. The van der Waals surface area contributed by atoms with Crippen LogP contribution in [0.25, 0.3) is 0 Å². The number of oxime groups is 1. The SMILES string of the molecule is CCS(=O)CCNC(=O)ON=C1SCC(=O)NC1(C)C. The molecule has 0 spiro atoms. The van der Waals surface area contributed by atoms with Crippen molar-refractivity contribution >= 4 is 39.6 Å². The summed E-state index contributed by atoms with van der Waals surface area (Å²) in [7, 11) is -0.926. The molecular formula is C11H19N3O4S2. The minimum atomic E-state index is -0.926. The van der Waals surface area contributed by atoms with Gasteiger partial charge in [-0.15, -0.1) is 0 Å². The Balaban J connectivity index is 2.41. The summed E-state index contributed by atoms with van der Waals surface area (Å²) in [6, 6.07) is 0. The van der Waals surface area contributed by atoms with E-state index in [4.69, 9.17) is 4.84 Å². The Labute approximate surface area is 124 Å². The molecule has 1 rings (SSSR count). The van der Waals surface area contributed by atoms with Crippen LogP contribution in [0.2, 0.25) is 0 Å². The Hall–Kier alpha value is -1.09. The van der Waals surface area contributed by atoms with Crippen LogP contribution in [-0.2, 0) is 20.4 Å². The molecule has 114 valence electrons. The zero-order valence-electron chi connectivity index (χ0n) is 11.7. The second-order valence-electron chi connectivity index (χ2n) is 4.60. The monoisotopic (exact) mass is 321 g/mol. The summed E-state index contributed by atoms with van der Waals surface area (Å²) in [6.45, 7) is 5.65. The Morgan fingerprint density at radius 2 is 2.30 bits per heavy atom. The van der Waals surface area contributed by atoms with Crippen LogP contribution in [0.5, 0.6) is 0 Å². The molecule has 1 saturated heterocycles. The molecule has 0 saturated carbocycles. The number of rotatable bonds is 5. The van der Waals surface area contributed by atoms with E-state index < -0.39 is 22.4 Å². The first-order valence-corrected chi connectivity index (χ1v) is 8.64. The van der Waals surface area contributed by atoms with Crippen molar-refractivity contribution in [2.45, 2.75) is 26.3 Å². The first-order chi connectivity index (χ1) is 9.35. The van der Waals surface area contributed by atoms with E-state index in [2.05, 4.69) is 15.8 Å². The number of thioether (sulfide) groups is 1. The predicted octanol–water partition coefficient (Wildman–Crippen LogP) is 0.436. The molecule has 20 heavy (non-hydrogen) atoms. The van der Waals surface area contributed by atoms with Crippen LogP contribution < -0.4 is 10.6 Å². The van der Waals surface area contributed by atoms with Crippen LogP contribution in [0.3, 0.4) is 0 Å². The fourth-order valence-corrected chi connectivity index (χ4v) is 2.88. The van der Waals surface area contributed by atoms with E-state index in [-0.39, 0.29) is 18.2 Å². The van der Waals surface area contributed by atoms with Gasteiger partial charge in [0.15, 0.2) is 0 Å². The average Bonchev–Trinajstić information content (AvgIpc) is 2.36. The molecule has 0 aromatic carbocycles.